The first kappa shape index (κ1) is 56.8. The van der Waals surface area contributed by atoms with Gasteiger partial charge in [0.2, 0.25) is 11.8 Å². The Balaban J connectivity index is 0.779. The summed E-state index contributed by atoms with van der Waals surface area (Å²) in [6, 6.07) is 23.0. The van der Waals surface area contributed by atoms with Gasteiger partial charge >= 0.3 is 18.2 Å². The summed E-state index contributed by atoms with van der Waals surface area (Å²) in [5.74, 6) is 4.81. The third kappa shape index (κ3) is 13.7. The van der Waals surface area contributed by atoms with Crippen LogP contribution in [0, 0.1) is 0 Å². The Morgan fingerprint density at radius 3 is 1.80 bits per heavy atom. The maximum absolute atomic E-state index is 14.5. The Morgan fingerprint density at radius 2 is 1.24 bits per heavy atom. The van der Waals surface area contributed by atoms with E-state index in [9.17, 15) is 14.4 Å². The summed E-state index contributed by atoms with van der Waals surface area (Å²) >= 11 is 0. The molecule has 0 saturated carbocycles. The van der Waals surface area contributed by atoms with Gasteiger partial charge in [-0.1, -0.05) is 64.0 Å². The molecule has 4 aromatic carbocycles. The van der Waals surface area contributed by atoms with Crippen LogP contribution in [-0.4, -0.2) is 118 Å². The van der Waals surface area contributed by atoms with E-state index in [1.54, 1.807) is 105 Å². The van der Waals surface area contributed by atoms with Crippen LogP contribution in [0.15, 0.2) is 107 Å². The highest BCUT2D eigenvalue weighted by Crippen LogP contribution is 2.40. The van der Waals surface area contributed by atoms with Gasteiger partial charge in [0, 0.05) is 78.1 Å². The van der Waals surface area contributed by atoms with Crippen molar-refractivity contribution in [1.82, 2.24) is 40.5 Å². The Hall–Kier alpha value is -9.45. The lowest BCUT2D eigenvalue weighted by atomic mass is 9.93. The average molecular weight is 1140 g/mol. The van der Waals surface area contributed by atoms with E-state index in [-0.39, 0.29) is 48.0 Å². The summed E-state index contributed by atoms with van der Waals surface area (Å²) < 4.78 is 54.0. The molecule has 8 aromatic rings. The van der Waals surface area contributed by atoms with Crippen LogP contribution in [-0.2, 0) is 15.6 Å². The summed E-state index contributed by atoms with van der Waals surface area (Å²) in [4.78, 5) is 62.0. The number of amides is 5. The van der Waals surface area contributed by atoms with Gasteiger partial charge in [-0.3, -0.25) is 10.2 Å². The molecule has 0 aliphatic carbocycles. The van der Waals surface area contributed by atoms with Crippen LogP contribution in [0.1, 0.15) is 79.8 Å². The first-order valence-electron chi connectivity index (χ1n) is 27.0. The number of hydrogen-bond donors (Lipinski definition) is 4. The topological polar surface area (TPSA) is 274 Å². The SMILES string of the molecule is COc1cc2c(Oc3cccc(NC(=O)N(CC(C)(C)OC(=O)N4CCC(Oc5cc6ncnc(Oc7cccc(NC(=O)Nc8cc(C(C)(C)C)on8)c7)c6cc5OC)C4)c4cc(C(C)(C)C)on4)c3)ncnc2cc1OC1CCNC1. The lowest BCUT2D eigenvalue weighted by molar-refractivity contribution is 0.0211. The largest absolute Gasteiger partial charge is 0.493 e. The zero-order valence-electron chi connectivity index (χ0n) is 47.8. The molecule has 2 saturated heterocycles. The minimum atomic E-state index is -1.25. The van der Waals surface area contributed by atoms with Crippen molar-refractivity contribution in [3.8, 4) is 46.3 Å². The number of nitrogens with zero attached hydrogens (tertiary/aromatic N) is 8. The van der Waals surface area contributed by atoms with Gasteiger partial charge in [-0.2, -0.15) is 0 Å². The molecule has 2 atom stereocenters. The van der Waals surface area contributed by atoms with Crippen LogP contribution < -0.4 is 54.6 Å². The van der Waals surface area contributed by atoms with E-state index in [0.29, 0.717) is 92.2 Å². The molecular weight excluding hydrogens is 1070 g/mol. The number of ether oxygens (including phenoxy) is 7. The maximum Gasteiger partial charge on any atom is 0.410 e. The highest BCUT2D eigenvalue weighted by molar-refractivity contribution is 6.01. The number of benzene rings is 4. The smallest absolute Gasteiger partial charge is 0.410 e. The van der Waals surface area contributed by atoms with Gasteiger partial charge in [-0.25, -0.2) is 34.3 Å². The Morgan fingerprint density at radius 1 is 0.663 bits per heavy atom. The van der Waals surface area contributed by atoms with Crippen LogP contribution in [0.2, 0.25) is 0 Å². The van der Waals surface area contributed by atoms with E-state index in [0.717, 1.165) is 19.5 Å². The number of hydrogen-bond acceptors (Lipinski definition) is 19. The molecule has 24 nitrogen and oxygen atoms in total. The predicted molar refractivity (Wildman–Crippen MR) is 308 cm³/mol. The fraction of sp³-hybridized carbons (Fsp3) is 0.373. The van der Waals surface area contributed by atoms with Crippen LogP contribution >= 0.6 is 0 Å². The number of aromatic nitrogens is 6. The van der Waals surface area contributed by atoms with Gasteiger partial charge in [-0.15, -0.1) is 0 Å². The first-order chi connectivity index (χ1) is 39.7. The van der Waals surface area contributed by atoms with E-state index < -0.39 is 35.3 Å². The summed E-state index contributed by atoms with van der Waals surface area (Å²) in [5, 5.41) is 21.1. The van der Waals surface area contributed by atoms with Crippen LogP contribution in [0.5, 0.6) is 46.3 Å². The number of likely N-dealkylation sites (tertiary alicyclic amines) is 1. The Labute approximate surface area is 478 Å². The highest BCUT2D eigenvalue weighted by Gasteiger charge is 2.37. The van der Waals surface area contributed by atoms with Crippen molar-refractivity contribution in [3.05, 3.63) is 109 Å². The summed E-state index contributed by atoms with van der Waals surface area (Å²) in [6.45, 7) is 17.3. The average Bonchev–Trinajstić information content (AvgIpc) is 4.29. The molecule has 83 heavy (non-hydrogen) atoms. The number of rotatable bonds is 17. The van der Waals surface area contributed by atoms with Crippen molar-refractivity contribution in [2.45, 2.75) is 96.9 Å². The van der Waals surface area contributed by atoms with Gasteiger partial charge < -0.3 is 63.1 Å². The lowest BCUT2D eigenvalue weighted by Gasteiger charge is -2.32. The number of urea groups is 2. The molecular formula is C59H66N12O12. The molecule has 0 spiro atoms. The number of anilines is 4. The summed E-state index contributed by atoms with van der Waals surface area (Å²) in [6.07, 6.45) is 3.11. The Bertz CT molecular complexity index is 3660. The van der Waals surface area contributed by atoms with E-state index in [1.807, 2.05) is 47.6 Å². The molecule has 2 fully saturated rings. The second kappa shape index (κ2) is 23.6. The van der Waals surface area contributed by atoms with Crippen LogP contribution in [0.4, 0.5) is 37.4 Å². The molecule has 6 heterocycles. The van der Waals surface area contributed by atoms with Crippen molar-refractivity contribution in [2.24, 2.45) is 0 Å². The van der Waals surface area contributed by atoms with Crippen LogP contribution in [0.3, 0.4) is 0 Å². The van der Waals surface area contributed by atoms with Crippen LogP contribution in [0.25, 0.3) is 21.8 Å². The maximum atomic E-state index is 14.5. The minimum absolute atomic E-state index is 0.0118. The standard InChI is InChI=1S/C59H66N12O12/c1-57(2,3)48-27-50(68-82-48)67-54(72)65-34-13-11-15-36(21-34)79-52-41-24-45(76-10)47(26-43(41)62-33-63-52)78-39-18-20-70(30-39)56(74)81-59(7,8)31-71(51-28-49(83-69-51)58(4,5)6)55(73)66-35-14-12-16-37(22-35)80-53-40-23-44(75-9)46(25-42(40)61-32-64-53)77-38-17-19-60-29-38/h11-16,21-28,32-33,38-39,60H,17-20,29-31H2,1-10H3,(H,66,73)(H2,65,67,68,72). The molecule has 24 heteroatoms. The minimum Gasteiger partial charge on any atom is -0.493 e. The first-order valence-corrected chi connectivity index (χ1v) is 27.0. The predicted octanol–water partition coefficient (Wildman–Crippen LogP) is 11.2. The molecule has 2 unspecified atom stereocenters. The molecule has 10 rings (SSSR count). The quantitative estimate of drug-likeness (QED) is 0.0659. The summed E-state index contributed by atoms with van der Waals surface area (Å²) in [5.41, 5.74) is -0.00568. The van der Waals surface area contributed by atoms with Gasteiger partial charge in [-0.05, 0) is 63.2 Å². The molecule has 4 aromatic heterocycles. The number of methoxy groups -OCH3 is 2. The normalized spacial score (nSPS) is 15.4. The zero-order valence-corrected chi connectivity index (χ0v) is 47.8. The monoisotopic (exact) mass is 1130 g/mol. The fourth-order valence-corrected chi connectivity index (χ4v) is 9.20. The molecule has 2 aliphatic heterocycles. The van der Waals surface area contributed by atoms with Crippen molar-refractivity contribution in [2.75, 3.05) is 67.8 Å². The number of fused-ring (bicyclic) bond motifs is 2. The van der Waals surface area contributed by atoms with Crippen molar-refractivity contribution in [3.63, 3.8) is 0 Å². The number of carbonyl (C=O) groups is 3. The summed E-state index contributed by atoms with van der Waals surface area (Å²) in [7, 11) is 3.09. The highest BCUT2D eigenvalue weighted by atomic mass is 16.6. The second-order valence-electron chi connectivity index (χ2n) is 22.7. The van der Waals surface area contributed by atoms with E-state index in [4.69, 9.17) is 42.2 Å². The third-order valence-corrected chi connectivity index (χ3v) is 13.5. The third-order valence-electron chi connectivity index (χ3n) is 13.5. The molecule has 5 amide bonds. The van der Waals surface area contributed by atoms with Crippen molar-refractivity contribution < 1.29 is 56.6 Å². The molecule has 0 bridgehead atoms. The van der Waals surface area contributed by atoms with E-state index in [1.165, 1.54) is 24.7 Å². The van der Waals surface area contributed by atoms with Gasteiger partial charge in [0.25, 0.3) is 0 Å². The molecule has 2 aliphatic rings. The molecule has 434 valence electrons. The van der Waals surface area contributed by atoms with Gasteiger partial charge in [0.1, 0.15) is 53.5 Å². The van der Waals surface area contributed by atoms with E-state index in [2.05, 4.69) is 51.5 Å². The zero-order chi connectivity index (χ0) is 58.6. The van der Waals surface area contributed by atoms with Crippen molar-refractivity contribution >= 4 is 63.0 Å². The molecule has 0 radical (unpaired) electrons. The Kier molecular flexibility index (Phi) is 16.1. The van der Waals surface area contributed by atoms with Gasteiger partial charge in [0.15, 0.2) is 34.6 Å². The fourth-order valence-electron chi connectivity index (χ4n) is 9.20. The molecule has 4 N–H and O–H groups in total. The number of nitrogens with one attached hydrogen (secondary N) is 4. The van der Waals surface area contributed by atoms with Crippen molar-refractivity contribution in [1.29, 1.82) is 0 Å². The van der Waals surface area contributed by atoms with Gasteiger partial charge in [0.05, 0.1) is 49.1 Å². The second-order valence-corrected chi connectivity index (χ2v) is 22.7. The number of carbonyl (C=O) groups excluding carboxylic acids is 3. The lowest BCUT2D eigenvalue weighted by Crippen LogP contribution is -2.48. The van der Waals surface area contributed by atoms with E-state index >= 15 is 0 Å².